The van der Waals surface area contributed by atoms with E-state index in [9.17, 15) is 0 Å². The number of methoxy groups -OCH3 is 1. The van der Waals surface area contributed by atoms with Crippen molar-refractivity contribution in [1.82, 2.24) is 0 Å². The topological polar surface area (TPSA) is 30.5 Å². The van der Waals surface area contributed by atoms with Gasteiger partial charge in [0.05, 0.1) is 13.7 Å². The van der Waals surface area contributed by atoms with Gasteiger partial charge >= 0.3 is 0 Å². The summed E-state index contributed by atoms with van der Waals surface area (Å²) in [5.74, 6) is 1.58. The molecular formula is C14H23NO2. The normalized spacial score (nSPS) is 10.6. The minimum absolute atomic E-state index is 0.710. The minimum atomic E-state index is 0.710. The zero-order valence-electron chi connectivity index (χ0n) is 11.0. The highest BCUT2D eigenvalue weighted by Gasteiger charge is 1.96. The van der Waals surface area contributed by atoms with Crippen molar-refractivity contribution in [3.05, 3.63) is 24.3 Å². The lowest BCUT2D eigenvalue weighted by Gasteiger charge is -2.09. The largest absolute Gasteiger partial charge is 0.497 e. The van der Waals surface area contributed by atoms with E-state index in [4.69, 9.17) is 9.47 Å². The molecule has 1 aromatic carbocycles. The van der Waals surface area contributed by atoms with Gasteiger partial charge in [0.2, 0.25) is 0 Å². The summed E-state index contributed by atoms with van der Waals surface area (Å²) < 4.78 is 10.7. The molecule has 3 nitrogen and oxygen atoms in total. The molecule has 0 spiro atoms. The Morgan fingerprint density at radius 2 is 2.06 bits per heavy atom. The van der Waals surface area contributed by atoms with Gasteiger partial charge in [-0.3, -0.25) is 0 Å². The molecule has 0 radical (unpaired) electrons. The van der Waals surface area contributed by atoms with Gasteiger partial charge in [0.1, 0.15) is 5.75 Å². The summed E-state index contributed by atoms with van der Waals surface area (Å²) in [5.41, 5.74) is 1.07. The van der Waals surface area contributed by atoms with Gasteiger partial charge in [-0.2, -0.15) is 0 Å². The van der Waals surface area contributed by atoms with Gasteiger partial charge in [0.25, 0.3) is 0 Å². The number of benzene rings is 1. The smallest absolute Gasteiger partial charge is 0.120 e. The second-order valence-electron chi connectivity index (χ2n) is 4.45. The zero-order valence-corrected chi connectivity index (χ0v) is 11.0. The molecule has 17 heavy (non-hydrogen) atoms. The fourth-order valence-corrected chi connectivity index (χ4v) is 1.42. The molecule has 0 aliphatic rings. The van der Waals surface area contributed by atoms with Gasteiger partial charge in [-0.05, 0) is 24.5 Å². The van der Waals surface area contributed by atoms with Crippen molar-refractivity contribution in [3.8, 4) is 5.75 Å². The highest BCUT2D eigenvalue weighted by atomic mass is 16.5. The van der Waals surface area contributed by atoms with E-state index >= 15 is 0 Å². The van der Waals surface area contributed by atoms with Gasteiger partial charge < -0.3 is 14.8 Å². The zero-order chi connectivity index (χ0) is 12.5. The Kier molecular flexibility index (Phi) is 6.48. The molecule has 0 aliphatic carbocycles. The molecule has 1 N–H and O–H groups in total. The van der Waals surface area contributed by atoms with Crippen LogP contribution in [0, 0.1) is 5.92 Å². The first-order valence-electron chi connectivity index (χ1n) is 6.18. The standard InChI is InChI=1S/C14H23NO2/c1-12(2)7-9-17-10-8-15-13-5-4-6-14(11-13)16-3/h4-6,11-12,15H,7-10H2,1-3H3. The molecule has 0 atom stereocenters. The molecule has 0 aliphatic heterocycles. The van der Waals surface area contributed by atoms with Crippen LogP contribution in [-0.2, 0) is 4.74 Å². The van der Waals surface area contributed by atoms with Gasteiger partial charge in [-0.15, -0.1) is 0 Å². The maximum absolute atomic E-state index is 5.53. The number of ether oxygens (including phenoxy) is 2. The van der Waals surface area contributed by atoms with Crippen LogP contribution < -0.4 is 10.1 Å². The molecule has 0 unspecified atom stereocenters. The van der Waals surface area contributed by atoms with Crippen molar-refractivity contribution >= 4 is 5.69 Å². The van der Waals surface area contributed by atoms with Crippen LogP contribution in [0.5, 0.6) is 5.75 Å². The number of hydrogen-bond donors (Lipinski definition) is 1. The van der Waals surface area contributed by atoms with Crippen LogP contribution in [0.3, 0.4) is 0 Å². The average Bonchev–Trinajstić information content (AvgIpc) is 2.33. The Hall–Kier alpha value is -1.22. The molecule has 1 rings (SSSR count). The lowest BCUT2D eigenvalue weighted by molar-refractivity contribution is 0.132. The summed E-state index contributed by atoms with van der Waals surface area (Å²) in [5, 5.41) is 3.30. The molecule has 1 aromatic rings. The van der Waals surface area contributed by atoms with Gasteiger partial charge in [-0.25, -0.2) is 0 Å². The third-order valence-electron chi connectivity index (χ3n) is 2.48. The highest BCUT2D eigenvalue weighted by Crippen LogP contribution is 2.16. The summed E-state index contributed by atoms with van der Waals surface area (Å²) in [6, 6.07) is 7.91. The Morgan fingerprint density at radius 1 is 1.24 bits per heavy atom. The van der Waals surface area contributed by atoms with Crippen LogP contribution in [0.15, 0.2) is 24.3 Å². The number of hydrogen-bond acceptors (Lipinski definition) is 3. The van der Waals surface area contributed by atoms with Crippen LogP contribution in [0.2, 0.25) is 0 Å². The average molecular weight is 237 g/mol. The van der Waals surface area contributed by atoms with Crippen molar-refractivity contribution in [2.45, 2.75) is 20.3 Å². The number of anilines is 1. The molecular weight excluding hydrogens is 214 g/mol. The maximum atomic E-state index is 5.53. The number of nitrogens with one attached hydrogen (secondary N) is 1. The fourth-order valence-electron chi connectivity index (χ4n) is 1.42. The van der Waals surface area contributed by atoms with Gasteiger partial charge in [-0.1, -0.05) is 19.9 Å². The minimum Gasteiger partial charge on any atom is -0.497 e. The van der Waals surface area contributed by atoms with E-state index < -0.39 is 0 Å². The monoisotopic (exact) mass is 237 g/mol. The van der Waals surface area contributed by atoms with Crippen molar-refractivity contribution < 1.29 is 9.47 Å². The molecule has 0 saturated heterocycles. The number of rotatable bonds is 8. The van der Waals surface area contributed by atoms with Gasteiger partial charge in [0, 0.05) is 24.9 Å². The fraction of sp³-hybridized carbons (Fsp3) is 0.571. The van der Waals surface area contributed by atoms with Crippen molar-refractivity contribution in [2.24, 2.45) is 5.92 Å². The first-order valence-corrected chi connectivity index (χ1v) is 6.18. The van der Waals surface area contributed by atoms with E-state index in [1.165, 1.54) is 0 Å². The lowest BCUT2D eigenvalue weighted by Crippen LogP contribution is -2.10. The summed E-state index contributed by atoms with van der Waals surface area (Å²) in [4.78, 5) is 0. The molecule has 0 amide bonds. The first kappa shape index (κ1) is 13.8. The van der Waals surface area contributed by atoms with Crippen molar-refractivity contribution in [3.63, 3.8) is 0 Å². The molecule has 0 bridgehead atoms. The summed E-state index contributed by atoms with van der Waals surface area (Å²) in [7, 11) is 1.67. The third kappa shape index (κ3) is 6.17. The van der Waals surface area contributed by atoms with Crippen molar-refractivity contribution in [1.29, 1.82) is 0 Å². The second kappa shape index (κ2) is 7.96. The third-order valence-corrected chi connectivity index (χ3v) is 2.48. The van der Waals surface area contributed by atoms with Crippen LogP contribution in [-0.4, -0.2) is 26.9 Å². The molecule has 0 saturated carbocycles. The van der Waals surface area contributed by atoms with E-state index in [1.807, 2.05) is 24.3 Å². The van der Waals surface area contributed by atoms with E-state index in [0.717, 1.165) is 37.6 Å². The Morgan fingerprint density at radius 3 is 2.76 bits per heavy atom. The molecule has 0 heterocycles. The first-order chi connectivity index (χ1) is 8.22. The molecule has 0 aromatic heterocycles. The van der Waals surface area contributed by atoms with Crippen LogP contribution >= 0.6 is 0 Å². The molecule has 96 valence electrons. The lowest BCUT2D eigenvalue weighted by atomic mass is 10.1. The highest BCUT2D eigenvalue weighted by molar-refractivity contribution is 5.47. The molecule has 0 fully saturated rings. The SMILES string of the molecule is COc1cccc(NCCOCCC(C)C)c1. The quantitative estimate of drug-likeness (QED) is 0.704. The van der Waals surface area contributed by atoms with Gasteiger partial charge in [0.15, 0.2) is 0 Å². The Balaban J connectivity index is 2.13. The van der Waals surface area contributed by atoms with Crippen molar-refractivity contribution in [2.75, 3.05) is 32.2 Å². The predicted octanol–water partition coefficient (Wildman–Crippen LogP) is 3.17. The van der Waals surface area contributed by atoms with E-state index in [2.05, 4.69) is 19.2 Å². The predicted molar refractivity (Wildman–Crippen MR) is 71.8 cm³/mol. The maximum Gasteiger partial charge on any atom is 0.120 e. The van der Waals surface area contributed by atoms with Crippen LogP contribution in [0.25, 0.3) is 0 Å². The van der Waals surface area contributed by atoms with Crippen LogP contribution in [0.4, 0.5) is 5.69 Å². The van der Waals surface area contributed by atoms with E-state index in [0.29, 0.717) is 5.92 Å². The summed E-state index contributed by atoms with van der Waals surface area (Å²) >= 11 is 0. The summed E-state index contributed by atoms with van der Waals surface area (Å²) in [6.45, 7) is 6.82. The Labute approximate surface area is 104 Å². The molecule has 3 heteroatoms. The Bertz CT molecular complexity index is 313. The summed E-state index contributed by atoms with van der Waals surface area (Å²) in [6.07, 6.45) is 1.12. The van der Waals surface area contributed by atoms with Crippen LogP contribution in [0.1, 0.15) is 20.3 Å². The van der Waals surface area contributed by atoms with E-state index in [1.54, 1.807) is 7.11 Å². The van der Waals surface area contributed by atoms with E-state index in [-0.39, 0.29) is 0 Å². The second-order valence-corrected chi connectivity index (χ2v) is 4.45.